The first-order chi connectivity index (χ1) is 9.56. The van der Waals surface area contributed by atoms with E-state index in [1.54, 1.807) is 18.2 Å². The zero-order valence-electron chi connectivity index (χ0n) is 10.9. The number of hydrogen-bond acceptors (Lipinski definition) is 1. The van der Waals surface area contributed by atoms with Gasteiger partial charge in [-0.25, -0.2) is 4.79 Å². The van der Waals surface area contributed by atoms with Crippen LogP contribution in [0.15, 0.2) is 42.5 Å². The SMILES string of the molecule is Cc1ccccc1CNC(=O)Nc1ccc(Cl)c(Cl)c1. The number of rotatable bonds is 3. The van der Waals surface area contributed by atoms with Crippen molar-refractivity contribution in [1.29, 1.82) is 0 Å². The van der Waals surface area contributed by atoms with E-state index in [2.05, 4.69) is 10.6 Å². The number of carbonyl (C=O) groups is 1. The average molecular weight is 309 g/mol. The van der Waals surface area contributed by atoms with Crippen LogP contribution in [-0.4, -0.2) is 6.03 Å². The number of hydrogen-bond donors (Lipinski definition) is 2. The van der Waals surface area contributed by atoms with Crippen molar-refractivity contribution in [2.75, 3.05) is 5.32 Å². The molecular weight excluding hydrogens is 295 g/mol. The largest absolute Gasteiger partial charge is 0.334 e. The minimum atomic E-state index is -0.286. The number of anilines is 1. The summed E-state index contributed by atoms with van der Waals surface area (Å²) in [5.41, 5.74) is 2.82. The van der Waals surface area contributed by atoms with Gasteiger partial charge in [-0.05, 0) is 36.2 Å². The van der Waals surface area contributed by atoms with Crippen LogP contribution < -0.4 is 10.6 Å². The number of aryl methyl sites for hydroxylation is 1. The Morgan fingerprint density at radius 3 is 2.55 bits per heavy atom. The summed E-state index contributed by atoms with van der Waals surface area (Å²) in [6, 6.07) is 12.6. The van der Waals surface area contributed by atoms with Gasteiger partial charge in [-0.3, -0.25) is 0 Å². The van der Waals surface area contributed by atoms with Gasteiger partial charge in [0, 0.05) is 12.2 Å². The maximum absolute atomic E-state index is 11.8. The topological polar surface area (TPSA) is 41.1 Å². The van der Waals surface area contributed by atoms with Gasteiger partial charge in [0.15, 0.2) is 0 Å². The Hall–Kier alpha value is -1.71. The molecule has 2 aromatic rings. The van der Waals surface area contributed by atoms with Gasteiger partial charge in [0.05, 0.1) is 10.0 Å². The van der Waals surface area contributed by atoms with Crippen LogP contribution in [0.5, 0.6) is 0 Å². The Balaban J connectivity index is 1.93. The fourth-order valence-corrected chi connectivity index (χ4v) is 2.03. The average Bonchev–Trinajstić information content (AvgIpc) is 2.42. The monoisotopic (exact) mass is 308 g/mol. The first-order valence-corrected chi connectivity index (χ1v) is 6.86. The minimum Gasteiger partial charge on any atom is -0.334 e. The van der Waals surface area contributed by atoms with E-state index in [1.165, 1.54) is 0 Å². The van der Waals surface area contributed by atoms with Gasteiger partial charge in [0.2, 0.25) is 0 Å². The molecule has 2 aromatic carbocycles. The molecular formula is C15H14Cl2N2O. The third kappa shape index (κ3) is 3.89. The van der Waals surface area contributed by atoms with E-state index in [0.717, 1.165) is 11.1 Å². The van der Waals surface area contributed by atoms with Crippen molar-refractivity contribution in [3.8, 4) is 0 Å². The van der Waals surface area contributed by atoms with Crippen LogP contribution in [0.1, 0.15) is 11.1 Å². The van der Waals surface area contributed by atoms with Gasteiger partial charge in [0.25, 0.3) is 0 Å². The second kappa shape index (κ2) is 6.64. The highest BCUT2D eigenvalue weighted by Crippen LogP contribution is 2.24. The Bertz CT molecular complexity index is 629. The molecule has 0 aliphatic carbocycles. The predicted octanol–water partition coefficient (Wildman–Crippen LogP) is 4.62. The molecule has 2 N–H and O–H groups in total. The normalized spacial score (nSPS) is 10.2. The zero-order chi connectivity index (χ0) is 14.5. The standard InChI is InChI=1S/C15H14Cl2N2O/c1-10-4-2-3-5-11(10)9-18-15(20)19-12-6-7-13(16)14(17)8-12/h2-8H,9H2,1H3,(H2,18,19,20). The molecule has 0 aromatic heterocycles. The molecule has 0 aliphatic rings. The first-order valence-electron chi connectivity index (χ1n) is 6.10. The molecule has 0 fully saturated rings. The number of nitrogens with one attached hydrogen (secondary N) is 2. The Labute approximate surface area is 127 Å². The number of carbonyl (C=O) groups excluding carboxylic acids is 1. The summed E-state index contributed by atoms with van der Waals surface area (Å²) in [5, 5.41) is 6.36. The lowest BCUT2D eigenvalue weighted by atomic mass is 10.1. The summed E-state index contributed by atoms with van der Waals surface area (Å²) in [6.07, 6.45) is 0. The number of urea groups is 1. The Morgan fingerprint density at radius 2 is 1.85 bits per heavy atom. The van der Waals surface area contributed by atoms with Crippen molar-refractivity contribution in [1.82, 2.24) is 5.32 Å². The number of halogens is 2. The summed E-state index contributed by atoms with van der Waals surface area (Å²) >= 11 is 11.7. The molecule has 104 valence electrons. The summed E-state index contributed by atoms with van der Waals surface area (Å²) in [5.74, 6) is 0. The van der Waals surface area contributed by atoms with Gasteiger partial charge in [0.1, 0.15) is 0 Å². The summed E-state index contributed by atoms with van der Waals surface area (Å²) < 4.78 is 0. The molecule has 3 nitrogen and oxygen atoms in total. The molecule has 2 rings (SSSR count). The van der Waals surface area contributed by atoms with E-state index in [1.807, 2.05) is 31.2 Å². The second-order valence-electron chi connectivity index (χ2n) is 4.36. The van der Waals surface area contributed by atoms with E-state index in [9.17, 15) is 4.79 Å². The highest BCUT2D eigenvalue weighted by Gasteiger charge is 2.05. The quantitative estimate of drug-likeness (QED) is 0.853. The third-order valence-corrected chi connectivity index (χ3v) is 3.62. The maximum Gasteiger partial charge on any atom is 0.319 e. The molecule has 0 spiro atoms. The fourth-order valence-electron chi connectivity index (χ4n) is 1.73. The van der Waals surface area contributed by atoms with Crippen LogP contribution in [-0.2, 0) is 6.54 Å². The van der Waals surface area contributed by atoms with Crippen molar-refractivity contribution >= 4 is 34.9 Å². The van der Waals surface area contributed by atoms with Crippen LogP contribution in [0.3, 0.4) is 0 Å². The van der Waals surface area contributed by atoms with E-state index in [-0.39, 0.29) is 6.03 Å². The van der Waals surface area contributed by atoms with Gasteiger partial charge in [-0.15, -0.1) is 0 Å². The van der Waals surface area contributed by atoms with Gasteiger partial charge in [-0.1, -0.05) is 47.5 Å². The molecule has 0 bridgehead atoms. The highest BCUT2D eigenvalue weighted by molar-refractivity contribution is 6.42. The van der Waals surface area contributed by atoms with Crippen molar-refractivity contribution in [2.45, 2.75) is 13.5 Å². The molecule has 0 atom stereocenters. The molecule has 5 heteroatoms. The Kier molecular flexibility index (Phi) is 4.88. The van der Waals surface area contributed by atoms with E-state index in [0.29, 0.717) is 22.3 Å². The Morgan fingerprint density at radius 1 is 1.10 bits per heavy atom. The fraction of sp³-hybridized carbons (Fsp3) is 0.133. The minimum absolute atomic E-state index is 0.286. The first kappa shape index (κ1) is 14.7. The van der Waals surface area contributed by atoms with Crippen molar-refractivity contribution in [3.05, 3.63) is 63.6 Å². The molecule has 0 aliphatic heterocycles. The zero-order valence-corrected chi connectivity index (χ0v) is 12.4. The molecule has 0 saturated heterocycles. The predicted molar refractivity (Wildman–Crippen MR) is 83.5 cm³/mol. The van der Waals surface area contributed by atoms with Crippen LogP contribution in [0, 0.1) is 6.92 Å². The van der Waals surface area contributed by atoms with Crippen LogP contribution >= 0.6 is 23.2 Å². The number of benzene rings is 2. The molecule has 20 heavy (non-hydrogen) atoms. The summed E-state index contributed by atoms with van der Waals surface area (Å²) in [6.45, 7) is 2.48. The highest BCUT2D eigenvalue weighted by atomic mass is 35.5. The van der Waals surface area contributed by atoms with E-state index >= 15 is 0 Å². The summed E-state index contributed by atoms with van der Waals surface area (Å²) in [4.78, 5) is 11.8. The third-order valence-electron chi connectivity index (χ3n) is 2.88. The van der Waals surface area contributed by atoms with Crippen molar-refractivity contribution in [3.63, 3.8) is 0 Å². The van der Waals surface area contributed by atoms with Crippen LogP contribution in [0.2, 0.25) is 10.0 Å². The maximum atomic E-state index is 11.8. The van der Waals surface area contributed by atoms with Gasteiger partial charge in [-0.2, -0.15) is 0 Å². The van der Waals surface area contributed by atoms with Crippen molar-refractivity contribution < 1.29 is 4.79 Å². The molecule has 0 radical (unpaired) electrons. The molecule has 2 amide bonds. The number of amides is 2. The lowest BCUT2D eigenvalue weighted by Gasteiger charge is -2.10. The molecule has 0 unspecified atom stereocenters. The second-order valence-corrected chi connectivity index (χ2v) is 5.18. The van der Waals surface area contributed by atoms with E-state index < -0.39 is 0 Å². The van der Waals surface area contributed by atoms with Gasteiger partial charge < -0.3 is 10.6 Å². The lowest BCUT2D eigenvalue weighted by molar-refractivity contribution is 0.251. The lowest BCUT2D eigenvalue weighted by Crippen LogP contribution is -2.28. The van der Waals surface area contributed by atoms with E-state index in [4.69, 9.17) is 23.2 Å². The smallest absolute Gasteiger partial charge is 0.319 e. The van der Waals surface area contributed by atoms with Crippen LogP contribution in [0.25, 0.3) is 0 Å². The van der Waals surface area contributed by atoms with Gasteiger partial charge >= 0.3 is 6.03 Å². The van der Waals surface area contributed by atoms with Crippen molar-refractivity contribution in [2.24, 2.45) is 0 Å². The van der Waals surface area contributed by atoms with Crippen LogP contribution in [0.4, 0.5) is 10.5 Å². The molecule has 0 saturated carbocycles. The molecule has 0 heterocycles. The summed E-state index contributed by atoms with van der Waals surface area (Å²) in [7, 11) is 0.